The highest BCUT2D eigenvalue weighted by Crippen LogP contribution is 2.42. The molecule has 7 amide bonds. The van der Waals surface area contributed by atoms with E-state index in [9.17, 15) is 38.4 Å². The van der Waals surface area contributed by atoms with Crippen molar-refractivity contribution in [2.45, 2.75) is 307 Å². The van der Waals surface area contributed by atoms with Crippen molar-refractivity contribution in [3.8, 4) is 0 Å². The summed E-state index contributed by atoms with van der Waals surface area (Å²) in [7, 11) is 3.80. The molecule has 0 saturated heterocycles. The molecular formula is C79H157N11O12S6. The second-order valence-electron chi connectivity index (χ2n) is 32.6. The van der Waals surface area contributed by atoms with E-state index >= 15 is 0 Å². The first-order valence-corrected chi connectivity index (χ1v) is 46.9. The van der Waals surface area contributed by atoms with Gasteiger partial charge in [-0.15, -0.1) is 23.5 Å². The molecule has 23 nitrogen and oxygen atoms in total. The van der Waals surface area contributed by atoms with Gasteiger partial charge >= 0.3 is 24.2 Å². The van der Waals surface area contributed by atoms with Gasteiger partial charge in [-0.05, 0) is 217 Å². The highest BCUT2D eigenvalue weighted by atomic mass is 33.1. The van der Waals surface area contributed by atoms with E-state index in [0.29, 0.717) is 84.6 Å². The van der Waals surface area contributed by atoms with E-state index in [4.69, 9.17) is 42.3 Å². The first-order chi connectivity index (χ1) is 50.2. The fourth-order valence-corrected chi connectivity index (χ4v) is 19.7. The van der Waals surface area contributed by atoms with Crippen LogP contribution in [0.5, 0.6) is 0 Å². The lowest BCUT2D eigenvalue weighted by atomic mass is 9.71. The Bertz CT molecular complexity index is 2360. The standard InChI is InChI=1S/C34H64N4O6S2.C23H44N4O2S2.C14H25NO4.C6H16N2S2.2CH4/c1-9-33(10-2,24-37-29(41)43-31(3,4)5)22-27(39)35-18-14-20-45-26-46-21-15-19-36-28(40)23-34(16-12-11-13-17-34)25-38-30(42)44-32(6,7)8;24-17-22(7-3-1-4-8-22)15-20(28)26-11-13-30-19-31-14-12-27-21(29)16-23(18-25)9-5-2-6-10-23;1-13(2,3)19-12(18)15-10-14(9-11(16)17)7-5-4-6-8-14;7-3-1-5-9-10-6-2-4-8;;/h9-26H2,1-8H3,(H,35,39)(H,36,40)(H,37,41)(H,38,42);1-19,24-25H2,(H,26,28)(H,27,29);4-10H2,1-3H3,(H,15,18)(H,16,17);1-8H2;2*1H4. The van der Waals surface area contributed by atoms with E-state index < -0.39 is 41.1 Å². The number of alkyl carbamates (subject to hydrolysis) is 3. The van der Waals surface area contributed by atoms with Crippen LogP contribution in [0.3, 0.4) is 0 Å². The van der Waals surface area contributed by atoms with Crippen LogP contribution in [0, 0.1) is 27.1 Å². The fraction of sp³-hybridized carbons (Fsp3) is 0.899. The summed E-state index contributed by atoms with van der Waals surface area (Å²) in [5.74, 6) is 5.70. The van der Waals surface area contributed by atoms with Crippen molar-refractivity contribution in [1.82, 2.24) is 37.2 Å². The van der Waals surface area contributed by atoms with Crippen LogP contribution in [0.4, 0.5) is 14.4 Å². The van der Waals surface area contributed by atoms with Crippen LogP contribution in [0.15, 0.2) is 0 Å². The van der Waals surface area contributed by atoms with Crippen LogP contribution < -0.4 is 60.2 Å². The molecule has 0 aromatic rings. The molecule has 0 unspecified atom stereocenters. The molecule has 4 aliphatic carbocycles. The number of rotatable bonds is 45. The maximum absolute atomic E-state index is 12.8. The normalized spacial score (nSPS) is 16.4. The van der Waals surface area contributed by atoms with Gasteiger partial charge in [-0.3, -0.25) is 24.0 Å². The number of thioether (sulfide) groups is 4. The lowest BCUT2D eigenvalue weighted by molar-refractivity contribution is -0.140. The van der Waals surface area contributed by atoms with E-state index in [2.05, 4.69) is 51.1 Å². The SMILES string of the molecule is C.C.CC(C)(C)OC(=O)NCC1(CC(=O)O)CCCCC1.CCC(CC)(CNC(=O)OC(C)(C)C)CC(=O)NCCCSCSCCCNC(=O)CC1(CNC(=O)OC(C)(C)C)CCCCC1.NCC1(CC(=O)NCCSCSCCNC(=O)CC2(CN)CCCCC2)CCCCC1.NCCCSSCCCN. The van der Waals surface area contributed by atoms with Gasteiger partial charge in [-0.1, -0.05) is 127 Å². The Morgan fingerprint density at radius 1 is 0.380 bits per heavy atom. The minimum absolute atomic E-state index is 0. The molecule has 16 N–H and O–H groups in total. The van der Waals surface area contributed by atoms with Crippen molar-refractivity contribution in [2.24, 2.45) is 50.0 Å². The van der Waals surface area contributed by atoms with Crippen molar-refractivity contribution >= 4 is 117 Å². The van der Waals surface area contributed by atoms with Gasteiger partial charge in [0.05, 0.1) is 6.42 Å². The number of aliphatic carboxylic acids is 1. The monoisotopic (exact) mass is 1640 g/mol. The van der Waals surface area contributed by atoms with Gasteiger partial charge < -0.3 is 79.5 Å². The number of hydrogen-bond acceptors (Lipinski definition) is 21. The average Bonchev–Trinajstić information content (AvgIpc) is 0.852. The van der Waals surface area contributed by atoms with Crippen LogP contribution in [0.2, 0.25) is 0 Å². The molecule has 0 aromatic heterocycles. The number of carboxylic acid groups (broad SMARTS) is 1. The second-order valence-corrected chi connectivity index (χ2v) is 40.5. The lowest BCUT2D eigenvalue weighted by Crippen LogP contribution is -2.44. The predicted molar refractivity (Wildman–Crippen MR) is 463 cm³/mol. The number of ether oxygens (including phenoxy) is 3. The van der Waals surface area contributed by atoms with Crippen molar-refractivity contribution in [3.05, 3.63) is 0 Å². The maximum atomic E-state index is 12.8. The summed E-state index contributed by atoms with van der Waals surface area (Å²) in [5.41, 5.74) is 20.3. The first-order valence-electron chi connectivity index (χ1n) is 39.7. The van der Waals surface area contributed by atoms with Crippen LogP contribution in [0.1, 0.15) is 290 Å². The highest BCUT2D eigenvalue weighted by Gasteiger charge is 2.39. The Morgan fingerprint density at radius 2 is 0.685 bits per heavy atom. The molecule has 4 aliphatic rings. The number of nitrogens with one attached hydrogen (secondary N) is 7. The zero-order chi connectivity index (χ0) is 79.3. The van der Waals surface area contributed by atoms with E-state index in [0.717, 1.165) is 168 Å². The third kappa shape index (κ3) is 54.8. The second kappa shape index (κ2) is 60.6. The fourth-order valence-electron chi connectivity index (χ4n) is 13.5. The molecule has 4 fully saturated rings. The Kier molecular flexibility index (Phi) is 60.1. The smallest absolute Gasteiger partial charge is 0.407 e. The summed E-state index contributed by atoms with van der Waals surface area (Å²) in [4.78, 5) is 96.9. The minimum atomic E-state index is -0.798. The number of nitrogens with two attached hydrogens (primary N) is 4. The largest absolute Gasteiger partial charge is 0.481 e. The molecule has 108 heavy (non-hydrogen) atoms. The number of hydrogen-bond donors (Lipinski definition) is 12. The van der Waals surface area contributed by atoms with Crippen LogP contribution >= 0.6 is 68.6 Å². The van der Waals surface area contributed by atoms with Gasteiger partial charge in [0.15, 0.2) is 0 Å². The summed E-state index contributed by atoms with van der Waals surface area (Å²) in [5, 5.41) is 31.7. The molecule has 0 aliphatic heterocycles. The summed E-state index contributed by atoms with van der Waals surface area (Å²) < 4.78 is 15.9. The lowest BCUT2D eigenvalue weighted by Gasteiger charge is -2.37. The zero-order valence-corrected chi connectivity index (χ0v) is 72.5. The van der Waals surface area contributed by atoms with Crippen molar-refractivity contribution in [1.29, 1.82) is 0 Å². The van der Waals surface area contributed by atoms with Gasteiger partial charge in [0.2, 0.25) is 23.6 Å². The van der Waals surface area contributed by atoms with Crippen molar-refractivity contribution < 1.29 is 57.7 Å². The van der Waals surface area contributed by atoms with E-state index in [-0.39, 0.29) is 72.0 Å². The third-order valence-electron chi connectivity index (χ3n) is 19.7. The van der Waals surface area contributed by atoms with Crippen LogP contribution in [-0.2, 0) is 38.2 Å². The number of amides is 7. The number of carbonyl (C=O) groups is 8. The Labute approximate surface area is 680 Å². The number of carboxylic acids is 1. The van der Waals surface area contributed by atoms with Gasteiger partial charge in [0.1, 0.15) is 16.8 Å². The molecule has 0 spiro atoms. The molecule has 0 bridgehead atoms. The van der Waals surface area contributed by atoms with Crippen LogP contribution in [0.25, 0.3) is 0 Å². The summed E-state index contributed by atoms with van der Waals surface area (Å²) in [6, 6.07) is 0. The predicted octanol–water partition coefficient (Wildman–Crippen LogP) is 15.5. The Hall–Kier alpha value is -2.90. The van der Waals surface area contributed by atoms with Gasteiger partial charge in [-0.2, -0.15) is 23.5 Å². The molecule has 4 saturated carbocycles. The van der Waals surface area contributed by atoms with Crippen molar-refractivity contribution in [3.63, 3.8) is 0 Å². The van der Waals surface area contributed by atoms with Crippen LogP contribution in [-0.4, -0.2) is 186 Å². The van der Waals surface area contributed by atoms with Crippen molar-refractivity contribution in [2.75, 3.05) is 117 Å². The molecular weight excluding hydrogens is 1490 g/mol. The Morgan fingerprint density at radius 3 is 1.01 bits per heavy atom. The van der Waals surface area contributed by atoms with Gasteiger partial charge in [-0.25, -0.2) is 14.4 Å². The van der Waals surface area contributed by atoms with Gasteiger partial charge in [0.25, 0.3) is 0 Å². The average molecular weight is 1650 g/mol. The first kappa shape index (κ1) is 107. The minimum Gasteiger partial charge on any atom is -0.481 e. The quantitative estimate of drug-likeness (QED) is 0.0117. The molecule has 0 aromatic carbocycles. The Balaban J connectivity index is 0. The summed E-state index contributed by atoms with van der Waals surface area (Å²) >= 11 is 7.38. The van der Waals surface area contributed by atoms with E-state index in [1.807, 2.05) is 110 Å². The molecule has 0 radical (unpaired) electrons. The third-order valence-corrected chi connectivity index (χ3v) is 27.1. The highest BCUT2D eigenvalue weighted by molar-refractivity contribution is 8.76. The molecule has 0 heterocycles. The topological polar surface area (TPSA) is 373 Å². The molecule has 636 valence electrons. The summed E-state index contributed by atoms with van der Waals surface area (Å²) in [6.45, 7) is 27.4. The van der Waals surface area contributed by atoms with E-state index in [1.165, 1.54) is 56.5 Å². The summed E-state index contributed by atoms with van der Waals surface area (Å²) in [6.07, 6.45) is 28.2. The molecule has 0 atom stereocenters. The zero-order valence-electron chi connectivity index (χ0n) is 67.6. The number of carbonyl (C=O) groups excluding carboxylic acids is 7. The van der Waals surface area contributed by atoms with E-state index in [1.54, 1.807) is 20.8 Å². The van der Waals surface area contributed by atoms with Gasteiger partial charge in [0, 0.05) is 105 Å². The molecule has 29 heteroatoms. The molecule has 4 rings (SSSR count). The maximum Gasteiger partial charge on any atom is 0.407 e.